The van der Waals surface area contributed by atoms with Gasteiger partial charge in [0.25, 0.3) is 0 Å². The Morgan fingerprint density at radius 2 is 1.87 bits per heavy atom. The Labute approximate surface area is 178 Å². The molecule has 0 aliphatic rings. The fourth-order valence-electron chi connectivity index (χ4n) is 4.12. The first-order valence-corrected chi connectivity index (χ1v) is 10.6. The van der Waals surface area contributed by atoms with E-state index in [1.807, 2.05) is 30.3 Å². The Morgan fingerprint density at radius 3 is 2.63 bits per heavy atom. The summed E-state index contributed by atoms with van der Waals surface area (Å²) < 4.78 is 7.82. The van der Waals surface area contributed by atoms with Crippen molar-refractivity contribution in [2.75, 3.05) is 7.11 Å². The molecule has 5 heteroatoms. The normalized spacial score (nSPS) is 11.2. The molecule has 2 aromatic heterocycles. The average molecular weight is 413 g/mol. The minimum atomic E-state index is -0.417. The number of carbonyl (C=O) groups is 1. The Morgan fingerprint density at radius 1 is 1.00 bits per heavy atom. The van der Waals surface area contributed by atoms with Crippen LogP contribution in [0.2, 0.25) is 0 Å². The number of aromatic nitrogens is 1. The van der Waals surface area contributed by atoms with Gasteiger partial charge in [-0.25, -0.2) is 0 Å². The van der Waals surface area contributed by atoms with Gasteiger partial charge in [-0.2, -0.15) is 0 Å². The quantitative estimate of drug-likeness (QED) is 0.404. The highest BCUT2D eigenvalue weighted by Crippen LogP contribution is 2.36. The molecule has 0 unspecified atom stereocenters. The lowest BCUT2D eigenvalue weighted by Gasteiger charge is -2.12. The number of nitrogens with two attached hydrogens (primary N) is 1. The van der Waals surface area contributed by atoms with Crippen LogP contribution in [0.25, 0.3) is 32.2 Å². The molecule has 0 saturated heterocycles. The summed E-state index contributed by atoms with van der Waals surface area (Å²) in [5, 5.41) is 4.00. The first-order chi connectivity index (χ1) is 14.7. The fraction of sp³-hybridized carbons (Fsp3) is 0.0800. The number of methoxy groups -OCH3 is 1. The molecule has 0 fully saturated rings. The Balaban J connectivity index is 1.82. The monoisotopic (exact) mass is 412 g/mol. The Kier molecular flexibility index (Phi) is 4.52. The summed E-state index contributed by atoms with van der Waals surface area (Å²) in [5.41, 5.74) is 10.5. The van der Waals surface area contributed by atoms with E-state index in [1.165, 1.54) is 4.88 Å². The molecule has 0 radical (unpaired) electrons. The third-order valence-electron chi connectivity index (χ3n) is 5.48. The Bertz CT molecular complexity index is 1380. The molecule has 4 nitrogen and oxygen atoms in total. The minimum Gasteiger partial charge on any atom is -0.496 e. The van der Waals surface area contributed by atoms with Crippen molar-refractivity contribution in [3.8, 4) is 16.2 Å². The molecule has 0 spiro atoms. The van der Waals surface area contributed by atoms with Crippen LogP contribution in [0, 0.1) is 0 Å². The van der Waals surface area contributed by atoms with Crippen LogP contribution in [0.15, 0.2) is 78.2 Å². The number of thiophene rings is 1. The molecule has 3 aromatic carbocycles. The predicted octanol–water partition coefficient (Wildman–Crippen LogP) is 5.68. The highest BCUT2D eigenvalue weighted by Gasteiger charge is 2.18. The van der Waals surface area contributed by atoms with Crippen LogP contribution in [0.1, 0.15) is 15.9 Å². The second-order valence-electron chi connectivity index (χ2n) is 7.17. The van der Waals surface area contributed by atoms with Gasteiger partial charge >= 0.3 is 0 Å². The highest BCUT2D eigenvalue weighted by molar-refractivity contribution is 7.13. The van der Waals surface area contributed by atoms with Crippen LogP contribution in [0.5, 0.6) is 5.75 Å². The van der Waals surface area contributed by atoms with Gasteiger partial charge in [0.05, 0.1) is 24.7 Å². The standard InChI is InChI=1S/C25H20N2O2S/c1-29-22-9-3-2-6-17(22)15-27-20-8-4-7-19(25(26)28)24(20)18-12-11-16(14-21(18)27)23-10-5-13-30-23/h2-14H,15H2,1H3,(H2,26,28). The number of ether oxygens (including phenoxy) is 1. The van der Waals surface area contributed by atoms with Crippen molar-refractivity contribution in [3.63, 3.8) is 0 Å². The second-order valence-corrected chi connectivity index (χ2v) is 8.12. The summed E-state index contributed by atoms with van der Waals surface area (Å²) in [4.78, 5) is 13.4. The lowest BCUT2D eigenvalue weighted by Crippen LogP contribution is -2.11. The van der Waals surface area contributed by atoms with E-state index in [0.29, 0.717) is 12.1 Å². The average Bonchev–Trinajstić information content (AvgIpc) is 3.41. The van der Waals surface area contributed by atoms with Crippen molar-refractivity contribution in [1.29, 1.82) is 0 Å². The van der Waals surface area contributed by atoms with Crippen molar-refractivity contribution >= 4 is 39.0 Å². The van der Waals surface area contributed by atoms with Crippen molar-refractivity contribution in [1.82, 2.24) is 4.57 Å². The summed E-state index contributed by atoms with van der Waals surface area (Å²) in [5.74, 6) is 0.423. The van der Waals surface area contributed by atoms with Crippen LogP contribution in [0.3, 0.4) is 0 Å². The van der Waals surface area contributed by atoms with Gasteiger partial charge in [0.1, 0.15) is 5.75 Å². The maximum atomic E-state index is 12.2. The van der Waals surface area contributed by atoms with Gasteiger partial charge in [-0.3, -0.25) is 4.79 Å². The van der Waals surface area contributed by atoms with Crippen molar-refractivity contribution in [2.45, 2.75) is 6.54 Å². The minimum absolute atomic E-state index is 0.417. The zero-order chi connectivity index (χ0) is 20.7. The summed E-state index contributed by atoms with van der Waals surface area (Å²) in [7, 11) is 1.69. The zero-order valence-corrected chi connectivity index (χ0v) is 17.3. The summed E-state index contributed by atoms with van der Waals surface area (Å²) in [6, 6.07) is 24.3. The van der Waals surface area contributed by atoms with E-state index < -0.39 is 5.91 Å². The predicted molar refractivity (Wildman–Crippen MR) is 123 cm³/mol. The van der Waals surface area contributed by atoms with E-state index in [-0.39, 0.29) is 0 Å². The molecule has 1 amide bonds. The van der Waals surface area contributed by atoms with E-state index in [1.54, 1.807) is 24.5 Å². The number of benzene rings is 3. The third-order valence-corrected chi connectivity index (χ3v) is 6.40. The molecule has 0 bridgehead atoms. The maximum absolute atomic E-state index is 12.2. The number of primary amides is 1. The lowest BCUT2D eigenvalue weighted by atomic mass is 10.0. The Hall–Kier alpha value is -3.57. The van der Waals surface area contributed by atoms with Crippen LogP contribution in [-0.2, 0) is 6.54 Å². The molecule has 5 rings (SSSR count). The molecule has 2 heterocycles. The largest absolute Gasteiger partial charge is 0.496 e. The van der Waals surface area contributed by atoms with Crippen LogP contribution in [0.4, 0.5) is 0 Å². The maximum Gasteiger partial charge on any atom is 0.249 e. The molecular weight excluding hydrogens is 392 g/mol. The van der Waals surface area contributed by atoms with Gasteiger partial charge in [0.15, 0.2) is 0 Å². The fourth-order valence-corrected chi connectivity index (χ4v) is 4.84. The van der Waals surface area contributed by atoms with Crippen LogP contribution >= 0.6 is 11.3 Å². The molecule has 148 valence electrons. The van der Waals surface area contributed by atoms with Crippen molar-refractivity contribution in [2.24, 2.45) is 5.73 Å². The molecule has 5 aromatic rings. The summed E-state index contributed by atoms with van der Waals surface area (Å²) in [6.07, 6.45) is 0. The molecule has 0 saturated carbocycles. The van der Waals surface area contributed by atoms with Crippen molar-refractivity contribution < 1.29 is 9.53 Å². The van der Waals surface area contributed by atoms with Gasteiger partial charge in [-0.05, 0) is 41.3 Å². The van der Waals surface area contributed by atoms with Gasteiger partial charge in [-0.1, -0.05) is 42.5 Å². The van der Waals surface area contributed by atoms with E-state index >= 15 is 0 Å². The number of fused-ring (bicyclic) bond motifs is 3. The second kappa shape index (κ2) is 7.35. The number of rotatable bonds is 5. The number of hydrogen-bond donors (Lipinski definition) is 1. The SMILES string of the molecule is COc1ccccc1Cn1c2cc(-c3cccs3)ccc2c2c(C(N)=O)cccc21. The smallest absolute Gasteiger partial charge is 0.249 e. The zero-order valence-electron chi connectivity index (χ0n) is 16.5. The summed E-state index contributed by atoms with van der Waals surface area (Å²) >= 11 is 1.71. The molecule has 2 N–H and O–H groups in total. The lowest BCUT2D eigenvalue weighted by molar-refractivity contribution is 0.100. The molecule has 0 aliphatic heterocycles. The van der Waals surface area contributed by atoms with Crippen LogP contribution in [-0.4, -0.2) is 17.6 Å². The van der Waals surface area contributed by atoms with Crippen LogP contribution < -0.4 is 10.5 Å². The number of carbonyl (C=O) groups excluding carboxylic acids is 1. The summed E-state index contributed by atoms with van der Waals surface area (Å²) in [6.45, 7) is 0.625. The highest BCUT2D eigenvalue weighted by atomic mass is 32.1. The molecule has 0 aliphatic carbocycles. The first kappa shape index (κ1) is 18.5. The van der Waals surface area contributed by atoms with Gasteiger partial charge in [-0.15, -0.1) is 11.3 Å². The van der Waals surface area contributed by atoms with E-state index in [2.05, 4.69) is 46.3 Å². The number of nitrogens with zero attached hydrogens (tertiary/aromatic N) is 1. The van der Waals surface area contributed by atoms with E-state index in [9.17, 15) is 4.79 Å². The molecule has 30 heavy (non-hydrogen) atoms. The third kappa shape index (κ3) is 2.95. The van der Waals surface area contributed by atoms with Gasteiger partial charge in [0.2, 0.25) is 5.91 Å². The number of hydrogen-bond acceptors (Lipinski definition) is 3. The number of amides is 1. The first-order valence-electron chi connectivity index (χ1n) is 9.68. The molecular formula is C25H20N2O2S. The van der Waals surface area contributed by atoms with E-state index in [0.717, 1.165) is 38.7 Å². The topological polar surface area (TPSA) is 57.2 Å². The van der Waals surface area contributed by atoms with Crippen molar-refractivity contribution in [3.05, 3.63) is 89.3 Å². The van der Waals surface area contributed by atoms with Gasteiger partial charge in [0, 0.05) is 26.8 Å². The van der Waals surface area contributed by atoms with E-state index in [4.69, 9.17) is 10.5 Å². The van der Waals surface area contributed by atoms with Gasteiger partial charge < -0.3 is 15.0 Å². The molecule has 0 atom stereocenters. The number of para-hydroxylation sites is 1.